The third-order valence-electron chi connectivity index (χ3n) is 5.97. The van der Waals surface area contributed by atoms with Gasteiger partial charge in [-0.05, 0) is 61.0 Å². The highest BCUT2D eigenvalue weighted by Crippen LogP contribution is 2.32. The average molecular weight is 521 g/mol. The van der Waals surface area contributed by atoms with E-state index in [-0.39, 0.29) is 16.7 Å². The van der Waals surface area contributed by atoms with E-state index in [0.717, 1.165) is 0 Å². The normalized spacial score (nSPS) is 12.1. The number of aromatic nitrogens is 4. The SMILES string of the molecule is CC(c1ccc(C(=O)O)cc1)n1c(=O)[nH]c(=O)c2c1nc(-c1ccccc1Cl)n2-c1ccc(Cl)cc1. The molecule has 10 heteroatoms. The van der Waals surface area contributed by atoms with E-state index in [2.05, 4.69) is 4.98 Å². The Morgan fingerprint density at radius 2 is 1.64 bits per heavy atom. The number of hydrogen-bond donors (Lipinski definition) is 2. The molecule has 0 amide bonds. The zero-order valence-corrected chi connectivity index (χ0v) is 20.3. The highest BCUT2D eigenvalue weighted by molar-refractivity contribution is 6.33. The van der Waals surface area contributed by atoms with Crippen LogP contribution in [0.5, 0.6) is 0 Å². The summed E-state index contributed by atoms with van der Waals surface area (Å²) in [6.45, 7) is 1.77. The van der Waals surface area contributed by atoms with Gasteiger partial charge in [0.15, 0.2) is 11.2 Å². The second-order valence-corrected chi connectivity index (χ2v) is 8.98. The molecule has 1 unspecified atom stereocenters. The van der Waals surface area contributed by atoms with Gasteiger partial charge < -0.3 is 5.11 Å². The molecule has 0 fully saturated rings. The topological polar surface area (TPSA) is 110 Å². The van der Waals surface area contributed by atoms with Crippen LogP contribution in [0, 0.1) is 0 Å². The lowest BCUT2D eigenvalue weighted by molar-refractivity contribution is 0.0697. The van der Waals surface area contributed by atoms with Gasteiger partial charge in [0.2, 0.25) is 0 Å². The summed E-state index contributed by atoms with van der Waals surface area (Å²) in [5.74, 6) is -0.680. The van der Waals surface area contributed by atoms with Crippen LogP contribution >= 0.6 is 23.2 Å². The van der Waals surface area contributed by atoms with Gasteiger partial charge >= 0.3 is 11.7 Å². The predicted molar refractivity (Wildman–Crippen MR) is 139 cm³/mol. The molecule has 0 radical (unpaired) electrons. The molecule has 180 valence electrons. The highest BCUT2D eigenvalue weighted by Gasteiger charge is 2.24. The minimum atomic E-state index is -1.05. The number of rotatable bonds is 5. The van der Waals surface area contributed by atoms with Crippen LogP contribution in [0.3, 0.4) is 0 Å². The number of hydrogen-bond acceptors (Lipinski definition) is 4. The molecule has 0 bridgehead atoms. The van der Waals surface area contributed by atoms with Crippen molar-refractivity contribution in [3.8, 4) is 17.1 Å². The number of aromatic carboxylic acids is 1. The molecule has 2 N–H and O–H groups in total. The Bertz CT molecular complexity index is 1740. The van der Waals surface area contributed by atoms with E-state index in [9.17, 15) is 19.5 Å². The zero-order chi connectivity index (χ0) is 25.6. The second kappa shape index (κ2) is 9.14. The molecule has 0 saturated carbocycles. The Labute approximate surface area is 214 Å². The van der Waals surface area contributed by atoms with Crippen molar-refractivity contribution >= 4 is 40.3 Å². The lowest BCUT2D eigenvalue weighted by atomic mass is 10.1. The van der Waals surface area contributed by atoms with Crippen LogP contribution in [0.4, 0.5) is 0 Å². The molecule has 36 heavy (non-hydrogen) atoms. The Hall–Kier alpha value is -4.14. The van der Waals surface area contributed by atoms with Crippen LogP contribution in [-0.4, -0.2) is 30.2 Å². The molecule has 1 atom stereocenters. The van der Waals surface area contributed by atoms with Gasteiger partial charge in [-0.25, -0.2) is 14.6 Å². The van der Waals surface area contributed by atoms with Crippen molar-refractivity contribution in [2.75, 3.05) is 0 Å². The number of carboxylic acids is 1. The highest BCUT2D eigenvalue weighted by atomic mass is 35.5. The second-order valence-electron chi connectivity index (χ2n) is 8.13. The molecule has 0 saturated heterocycles. The first-order chi connectivity index (χ1) is 17.3. The van der Waals surface area contributed by atoms with E-state index in [1.807, 2.05) is 0 Å². The molecule has 0 aliphatic carbocycles. The van der Waals surface area contributed by atoms with Gasteiger partial charge in [0.05, 0.1) is 16.6 Å². The Morgan fingerprint density at radius 3 is 2.28 bits per heavy atom. The Morgan fingerprint density at radius 1 is 0.972 bits per heavy atom. The Kier molecular flexibility index (Phi) is 5.99. The van der Waals surface area contributed by atoms with E-state index >= 15 is 0 Å². The maximum atomic E-state index is 13.2. The first-order valence-electron chi connectivity index (χ1n) is 10.9. The molecule has 5 aromatic rings. The van der Waals surface area contributed by atoms with Gasteiger partial charge in [-0.3, -0.25) is 18.9 Å². The van der Waals surface area contributed by atoms with E-state index < -0.39 is 23.3 Å². The molecule has 0 aliphatic heterocycles. The summed E-state index contributed by atoms with van der Waals surface area (Å²) in [7, 11) is 0. The number of halogens is 2. The van der Waals surface area contributed by atoms with Crippen LogP contribution in [0.1, 0.15) is 28.9 Å². The van der Waals surface area contributed by atoms with Crippen molar-refractivity contribution in [2.45, 2.75) is 13.0 Å². The maximum absolute atomic E-state index is 13.2. The zero-order valence-electron chi connectivity index (χ0n) is 18.8. The number of benzene rings is 3. The molecule has 2 aromatic heterocycles. The van der Waals surface area contributed by atoms with Crippen molar-refractivity contribution in [3.05, 3.63) is 115 Å². The van der Waals surface area contributed by atoms with Crippen molar-refractivity contribution in [2.24, 2.45) is 0 Å². The maximum Gasteiger partial charge on any atom is 0.335 e. The van der Waals surface area contributed by atoms with Crippen molar-refractivity contribution in [1.82, 2.24) is 19.1 Å². The molecule has 3 aromatic carbocycles. The van der Waals surface area contributed by atoms with Crippen LogP contribution in [0.25, 0.3) is 28.2 Å². The van der Waals surface area contributed by atoms with E-state index in [1.165, 1.54) is 16.7 Å². The van der Waals surface area contributed by atoms with Crippen LogP contribution in [-0.2, 0) is 0 Å². The molecule has 2 heterocycles. The third kappa shape index (κ3) is 4.00. The summed E-state index contributed by atoms with van der Waals surface area (Å²) in [5, 5.41) is 10.2. The summed E-state index contributed by atoms with van der Waals surface area (Å²) in [5.41, 5.74) is 1.01. The lowest BCUT2D eigenvalue weighted by Gasteiger charge is -2.16. The minimum absolute atomic E-state index is 0.123. The number of nitrogens with zero attached hydrogens (tertiary/aromatic N) is 3. The number of fused-ring (bicyclic) bond motifs is 1. The fourth-order valence-corrected chi connectivity index (χ4v) is 4.52. The van der Waals surface area contributed by atoms with Crippen LogP contribution < -0.4 is 11.2 Å². The van der Waals surface area contributed by atoms with Gasteiger partial charge in [-0.1, -0.05) is 47.5 Å². The largest absolute Gasteiger partial charge is 0.478 e. The molecule has 5 rings (SSSR count). The van der Waals surface area contributed by atoms with Crippen molar-refractivity contribution < 1.29 is 9.90 Å². The van der Waals surface area contributed by atoms with Gasteiger partial charge in [-0.15, -0.1) is 0 Å². The van der Waals surface area contributed by atoms with Gasteiger partial charge in [-0.2, -0.15) is 0 Å². The summed E-state index contributed by atoms with van der Waals surface area (Å²) in [6, 6.07) is 19.5. The first kappa shape index (κ1) is 23.6. The predicted octanol–water partition coefficient (Wildman–Crippen LogP) is 5.16. The van der Waals surface area contributed by atoms with Gasteiger partial charge in [0.25, 0.3) is 5.56 Å². The Balaban J connectivity index is 1.83. The number of carbonyl (C=O) groups is 1. The number of nitrogens with one attached hydrogen (secondary N) is 1. The smallest absolute Gasteiger partial charge is 0.335 e. The first-order valence-corrected chi connectivity index (χ1v) is 11.6. The van der Waals surface area contributed by atoms with Crippen LogP contribution in [0.2, 0.25) is 10.0 Å². The fraction of sp³-hybridized carbons (Fsp3) is 0.0769. The number of H-pyrrole nitrogens is 1. The van der Waals surface area contributed by atoms with E-state index in [0.29, 0.717) is 32.7 Å². The third-order valence-corrected chi connectivity index (χ3v) is 6.55. The van der Waals surface area contributed by atoms with Crippen molar-refractivity contribution in [3.63, 3.8) is 0 Å². The lowest BCUT2D eigenvalue weighted by Crippen LogP contribution is -2.33. The summed E-state index contributed by atoms with van der Waals surface area (Å²) in [6.07, 6.45) is 0. The number of aromatic amines is 1. The molecular weight excluding hydrogens is 503 g/mol. The quantitative estimate of drug-likeness (QED) is 0.332. The van der Waals surface area contributed by atoms with E-state index in [4.69, 9.17) is 28.2 Å². The monoisotopic (exact) mass is 520 g/mol. The fourth-order valence-electron chi connectivity index (χ4n) is 4.17. The number of carboxylic acid groups (broad SMARTS) is 1. The van der Waals surface area contributed by atoms with Crippen LogP contribution in [0.15, 0.2) is 82.4 Å². The molecule has 0 aliphatic rings. The summed E-state index contributed by atoms with van der Waals surface area (Å²) >= 11 is 12.6. The molecular formula is C26H18Cl2N4O4. The molecule has 8 nitrogen and oxygen atoms in total. The minimum Gasteiger partial charge on any atom is -0.478 e. The standard InChI is InChI=1S/C26H18Cl2N4O4/c1-14(15-6-8-16(9-7-15)25(34)35)31-23-21(24(33)30-26(31)36)32(18-12-10-17(27)11-13-18)22(29-23)19-4-2-3-5-20(19)28/h2-14H,1H3,(H,34,35)(H,30,33,36). The van der Waals surface area contributed by atoms with Gasteiger partial charge in [0.1, 0.15) is 5.82 Å². The molecule has 0 spiro atoms. The average Bonchev–Trinajstić information content (AvgIpc) is 3.25. The summed E-state index contributed by atoms with van der Waals surface area (Å²) in [4.78, 5) is 44.6. The van der Waals surface area contributed by atoms with Crippen molar-refractivity contribution in [1.29, 1.82) is 0 Å². The summed E-state index contributed by atoms with van der Waals surface area (Å²) < 4.78 is 3.02. The number of imidazole rings is 1. The van der Waals surface area contributed by atoms with E-state index in [1.54, 1.807) is 72.2 Å². The van der Waals surface area contributed by atoms with Gasteiger partial charge in [0, 0.05) is 16.3 Å².